The van der Waals surface area contributed by atoms with Gasteiger partial charge in [-0.1, -0.05) is 190 Å². The summed E-state index contributed by atoms with van der Waals surface area (Å²) in [6.45, 7) is 73.9. The quantitative estimate of drug-likeness (QED) is 0.141. The van der Waals surface area contributed by atoms with E-state index in [1.807, 2.05) is 36.3 Å². The number of aryl methyl sites for hydroxylation is 3. The zero-order chi connectivity index (χ0) is 45.2. The molecular formula is C51H88Si7. The molecule has 0 amide bonds. The van der Waals surface area contributed by atoms with E-state index in [0.717, 1.165) is 0 Å². The van der Waals surface area contributed by atoms with Crippen molar-refractivity contribution < 1.29 is 0 Å². The summed E-state index contributed by atoms with van der Waals surface area (Å²) in [4.78, 5) is 0. The minimum absolute atomic E-state index is 0.383. The van der Waals surface area contributed by atoms with Crippen LogP contribution in [-0.4, -0.2) is 56.5 Å². The van der Waals surface area contributed by atoms with Crippen LogP contribution in [0.5, 0.6) is 0 Å². The Bertz CT molecular complexity index is 2010. The summed E-state index contributed by atoms with van der Waals surface area (Å²) < 4.78 is 0. The monoisotopic (exact) mass is 897 g/mol. The lowest BCUT2D eigenvalue weighted by molar-refractivity contribution is 0.852. The molecule has 0 aromatic heterocycles. The van der Waals surface area contributed by atoms with E-state index in [1.54, 1.807) is 49.0 Å². The van der Waals surface area contributed by atoms with E-state index < -0.39 is 56.5 Å². The Morgan fingerprint density at radius 2 is 0.569 bits per heavy atom. The minimum Gasteiger partial charge on any atom is -0.0656 e. The highest BCUT2D eigenvalue weighted by Crippen LogP contribution is 2.42. The third-order valence-electron chi connectivity index (χ3n) is 14.4. The molecule has 3 aromatic rings. The molecular weight excluding hydrogens is 809 g/mol. The molecule has 320 valence electrons. The molecule has 0 fully saturated rings. The Morgan fingerprint density at radius 1 is 0.328 bits per heavy atom. The molecule has 1 atom stereocenters. The van der Waals surface area contributed by atoms with Gasteiger partial charge in [-0.3, -0.25) is 0 Å². The van der Waals surface area contributed by atoms with Crippen molar-refractivity contribution in [2.45, 2.75) is 187 Å². The zero-order valence-electron chi connectivity index (χ0n) is 43.3. The number of hydrogen-bond donors (Lipinski definition) is 0. The molecule has 0 spiro atoms. The Kier molecular flexibility index (Phi) is 13.2. The molecule has 1 unspecified atom stereocenters. The first-order chi connectivity index (χ1) is 25.8. The van der Waals surface area contributed by atoms with Crippen molar-refractivity contribution >= 4 is 103 Å². The van der Waals surface area contributed by atoms with Crippen LogP contribution < -0.4 is 46.7 Å². The highest BCUT2D eigenvalue weighted by molar-refractivity contribution is 7.27. The maximum Gasteiger partial charge on any atom is 0.175 e. The van der Waals surface area contributed by atoms with Crippen molar-refractivity contribution in [3.8, 4) is 0 Å². The largest absolute Gasteiger partial charge is 0.175 e. The smallest absolute Gasteiger partial charge is 0.0656 e. The Hall–Kier alpha value is -1.34. The van der Waals surface area contributed by atoms with Crippen LogP contribution in [0.1, 0.15) is 61.1 Å². The fourth-order valence-corrected chi connectivity index (χ4v) is 39.2. The molecule has 0 saturated heterocycles. The average molecular weight is 898 g/mol. The van der Waals surface area contributed by atoms with E-state index >= 15 is 0 Å². The van der Waals surface area contributed by atoms with Crippen molar-refractivity contribution in [3.63, 3.8) is 0 Å². The Labute approximate surface area is 367 Å². The van der Waals surface area contributed by atoms with Crippen LogP contribution in [0.3, 0.4) is 0 Å². The molecule has 0 N–H and O–H groups in total. The lowest BCUT2D eigenvalue weighted by Crippen LogP contribution is -2.90. The summed E-state index contributed by atoms with van der Waals surface area (Å²) in [6, 6.07) is 8.37. The molecule has 58 heavy (non-hydrogen) atoms. The predicted molar refractivity (Wildman–Crippen MR) is 291 cm³/mol. The highest BCUT2D eigenvalue weighted by atomic mass is 28.3. The predicted octanol–water partition coefficient (Wildman–Crippen LogP) is 10.1. The molecule has 0 aliphatic heterocycles. The normalized spacial score (nSPS) is 16.7. The Balaban J connectivity index is 2.96. The van der Waals surface area contributed by atoms with Crippen LogP contribution in [0.15, 0.2) is 40.1 Å². The van der Waals surface area contributed by atoms with E-state index in [4.69, 9.17) is 0 Å². The fourth-order valence-electron chi connectivity index (χ4n) is 11.3. The number of hydrogen-bond acceptors (Lipinski definition) is 0. The third-order valence-corrected chi connectivity index (χ3v) is 33.7. The van der Waals surface area contributed by atoms with Crippen LogP contribution in [0.4, 0.5) is 0 Å². The first kappa shape index (κ1) is 49.3. The van der Waals surface area contributed by atoms with Gasteiger partial charge in [-0.15, -0.1) is 0 Å². The van der Waals surface area contributed by atoms with Crippen LogP contribution >= 0.6 is 0 Å². The molecule has 4 rings (SSSR count). The maximum atomic E-state index is 2.79. The third kappa shape index (κ3) is 8.19. The molecule has 3 aromatic carbocycles. The number of allylic oxidation sites excluding steroid dienone is 4. The second-order valence-corrected chi connectivity index (χ2v) is 58.8. The van der Waals surface area contributed by atoms with E-state index in [2.05, 4.69) is 205 Å². The van der Waals surface area contributed by atoms with Gasteiger partial charge in [-0.2, -0.15) is 0 Å². The standard InChI is InChI=1S/C51H88Si7/c1-32-29-42(52(11,12)13)49(46(35(32)4)55(20,21)22)58(45-40(9)38(7)39(8)41(45)10,50-43(53(14,15)16)30-33(2)36(5)47(50)56(23,24)25)51-44(54(17,18)19)31-34(3)37(6)48(51)57(26,27)28/h29-31,40H,1-28H3. The van der Waals surface area contributed by atoms with Gasteiger partial charge in [0, 0.05) is 0 Å². The second-order valence-electron chi connectivity index (χ2n) is 25.2. The van der Waals surface area contributed by atoms with Crippen LogP contribution in [0, 0.1) is 47.5 Å². The van der Waals surface area contributed by atoms with E-state index in [9.17, 15) is 0 Å². The lowest BCUT2D eigenvalue weighted by atomic mass is 10.1. The van der Waals surface area contributed by atoms with Gasteiger partial charge in [-0.25, -0.2) is 0 Å². The molecule has 0 bridgehead atoms. The van der Waals surface area contributed by atoms with Gasteiger partial charge in [0.1, 0.15) is 0 Å². The van der Waals surface area contributed by atoms with E-state index in [-0.39, 0.29) is 0 Å². The van der Waals surface area contributed by atoms with E-state index in [1.165, 1.54) is 16.7 Å². The second kappa shape index (κ2) is 15.5. The molecule has 7 heteroatoms. The van der Waals surface area contributed by atoms with Crippen molar-refractivity contribution in [2.75, 3.05) is 0 Å². The summed E-state index contributed by atoms with van der Waals surface area (Å²) in [6.07, 6.45) is 0. The van der Waals surface area contributed by atoms with E-state index in [0.29, 0.717) is 5.92 Å². The lowest BCUT2D eigenvalue weighted by Gasteiger charge is -2.52. The summed E-state index contributed by atoms with van der Waals surface area (Å²) in [5, 5.41) is 18.3. The molecule has 0 saturated carbocycles. The first-order valence-corrected chi connectivity index (χ1v) is 45.6. The van der Waals surface area contributed by atoms with Crippen LogP contribution in [0.2, 0.25) is 118 Å². The molecule has 1 aliphatic carbocycles. The molecule has 0 heterocycles. The molecule has 0 radical (unpaired) electrons. The SMILES string of the molecule is CC1=C(C)C(C)C([Si](c2c([Si](C)(C)C)cc(C)c(C)c2[Si](C)(C)C)(c2c([Si](C)(C)C)cc(C)c(C)c2[Si](C)(C)C)c2c([Si](C)(C)C)cc(C)c(C)c2[Si](C)(C)C)=C1C. The molecule has 1 aliphatic rings. The van der Waals surface area contributed by atoms with Crippen molar-refractivity contribution in [1.82, 2.24) is 0 Å². The average Bonchev–Trinajstić information content (AvgIpc) is 3.20. The highest BCUT2D eigenvalue weighted by Gasteiger charge is 2.58. The summed E-state index contributed by atoms with van der Waals surface area (Å²) in [5.41, 5.74) is 14.1. The van der Waals surface area contributed by atoms with Crippen LogP contribution in [-0.2, 0) is 0 Å². The Morgan fingerprint density at radius 3 is 0.741 bits per heavy atom. The fraction of sp³-hybridized carbons (Fsp3) is 0.569. The molecule has 0 nitrogen and oxygen atoms in total. The van der Waals surface area contributed by atoms with Gasteiger partial charge in [0.05, 0.1) is 48.4 Å². The number of rotatable bonds is 10. The van der Waals surface area contributed by atoms with Gasteiger partial charge in [0.2, 0.25) is 0 Å². The van der Waals surface area contributed by atoms with Gasteiger partial charge in [0.25, 0.3) is 0 Å². The zero-order valence-corrected chi connectivity index (χ0v) is 50.3. The minimum atomic E-state index is -3.24. The van der Waals surface area contributed by atoms with Crippen molar-refractivity contribution in [2.24, 2.45) is 5.92 Å². The van der Waals surface area contributed by atoms with Crippen LogP contribution in [0.25, 0.3) is 0 Å². The van der Waals surface area contributed by atoms with Gasteiger partial charge in [0.15, 0.2) is 8.07 Å². The maximum absolute atomic E-state index is 3.24. The van der Waals surface area contributed by atoms with Gasteiger partial charge < -0.3 is 0 Å². The number of benzene rings is 3. The summed E-state index contributed by atoms with van der Waals surface area (Å²) in [7, 11) is -15.2. The summed E-state index contributed by atoms with van der Waals surface area (Å²) >= 11 is 0. The topological polar surface area (TPSA) is 0 Å². The van der Waals surface area contributed by atoms with Gasteiger partial charge >= 0.3 is 0 Å². The first-order valence-electron chi connectivity index (χ1n) is 22.6. The van der Waals surface area contributed by atoms with Crippen molar-refractivity contribution in [1.29, 1.82) is 0 Å². The summed E-state index contributed by atoms with van der Waals surface area (Å²) in [5.74, 6) is 0.383. The van der Waals surface area contributed by atoms with Crippen molar-refractivity contribution in [3.05, 3.63) is 73.5 Å². The van der Waals surface area contributed by atoms with Gasteiger partial charge in [-0.05, 0) is 123 Å².